The lowest BCUT2D eigenvalue weighted by Crippen LogP contribution is -2.46. The van der Waals surface area contributed by atoms with Gasteiger partial charge in [0.25, 0.3) is 0 Å². The first kappa shape index (κ1) is 16.4. The fourth-order valence-electron chi connectivity index (χ4n) is 1.52. The summed E-state index contributed by atoms with van der Waals surface area (Å²) < 4.78 is 0. The summed E-state index contributed by atoms with van der Waals surface area (Å²) in [7, 11) is 0. The summed E-state index contributed by atoms with van der Waals surface area (Å²) >= 11 is 4.96. The Morgan fingerprint density at radius 3 is 2.41 bits per heavy atom. The second-order valence-electron chi connectivity index (χ2n) is 5.20. The molecule has 0 bridgehead atoms. The maximum absolute atomic E-state index is 12.0. The van der Waals surface area contributed by atoms with Crippen molar-refractivity contribution in [1.82, 2.24) is 5.32 Å². The van der Waals surface area contributed by atoms with Gasteiger partial charge in [-0.3, -0.25) is 4.79 Å². The minimum absolute atomic E-state index is 0.0444. The smallest absolute Gasteiger partial charge is 0.232 e. The molecule has 0 fully saturated rings. The van der Waals surface area contributed by atoms with Gasteiger partial charge >= 0.3 is 0 Å². The molecule has 3 N–H and O–H groups in total. The number of carbonyl (C=O) groups excluding carboxylic acids is 1. The molecule has 0 aliphatic carbocycles. The van der Waals surface area contributed by atoms with Crippen LogP contribution in [0.4, 0.5) is 0 Å². The van der Waals surface area contributed by atoms with E-state index in [0.717, 1.165) is 18.8 Å². The number of nitrogens with one attached hydrogen (secondary N) is 1. The largest absolute Gasteiger partial charge is 0.392 e. The zero-order valence-electron chi connectivity index (χ0n) is 11.5. The molecule has 1 unspecified atom stereocenters. The maximum atomic E-state index is 12.0. The van der Waals surface area contributed by atoms with Crippen molar-refractivity contribution in [2.24, 2.45) is 17.1 Å². The standard InChI is InChI=1S/C13H26N2OS/c1-5-13(4,11(14)17)12(16)15-9-7-6-8-10(2)3/h10H,5-9H2,1-4H3,(H2,14,17)(H,15,16). The summed E-state index contributed by atoms with van der Waals surface area (Å²) in [5.41, 5.74) is 4.92. The van der Waals surface area contributed by atoms with E-state index in [1.807, 2.05) is 6.92 Å². The van der Waals surface area contributed by atoms with E-state index >= 15 is 0 Å². The highest BCUT2D eigenvalue weighted by molar-refractivity contribution is 7.80. The predicted molar refractivity (Wildman–Crippen MR) is 76.9 cm³/mol. The molecule has 0 heterocycles. The van der Waals surface area contributed by atoms with E-state index in [0.29, 0.717) is 13.0 Å². The number of carbonyl (C=O) groups is 1. The van der Waals surface area contributed by atoms with Gasteiger partial charge < -0.3 is 11.1 Å². The first-order valence-electron chi connectivity index (χ1n) is 6.42. The number of amides is 1. The summed E-state index contributed by atoms with van der Waals surface area (Å²) in [4.78, 5) is 12.2. The van der Waals surface area contributed by atoms with Crippen LogP contribution in [-0.2, 0) is 4.79 Å². The van der Waals surface area contributed by atoms with Crippen LogP contribution in [0.3, 0.4) is 0 Å². The molecule has 100 valence electrons. The third-order valence-corrected chi connectivity index (χ3v) is 3.70. The van der Waals surface area contributed by atoms with Crippen LogP contribution in [0.5, 0.6) is 0 Å². The van der Waals surface area contributed by atoms with E-state index in [9.17, 15) is 4.79 Å². The monoisotopic (exact) mass is 258 g/mol. The molecule has 17 heavy (non-hydrogen) atoms. The van der Waals surface area contributed by atoms with E-state index in [2.05, 4.69) is 19.2 Å². The van der Waals surface area contributed by atoms with Gasteiger partial charge in [-0.2, -0.15) is 0 Å². The molecule has 4 heteroatoms. The fraction of sp³-hybridized carbons (Fsp3) is 0.846. The Balaban J connectivity index is 3.97. The molecular weight excluding hydrogens is 232 g/mol. The molecule has 0 aliphatic rings. The summed E-state index contributed by atoms with van der Waals surface area (Å²) in [6.07, 6.45) is 4.01. The van der Waals surface area contributed by atoms with Crippen molar-refractivity contribution >= 4 is 23.1 Å². The van der Waals surface area contributed by atoms with Gasteiger partial charge in [-0.25, -0.2) is 0 Å². The van der Waals surface area contributed by atoms with Gasteiger partial charge in [0.15, 0.2) is 0 Å². The molecule has 0 aliphatic heterocycles. The normalized spacial score (nSPS) is 14.4. The number of hydrogen-bond donors (Lipinski definition) is 2. The highest BCUT2D eigenvalue weighted by Gasteiger charge is 2.33. The van der Waals surface area contributed by atoms with Crippen molar-refractivity contribution in [3.63, 3.8) is 0 Å². The van der Waals surface area contributed by atoms with Crippen LogP contribution in [0.2, 0.25) is 0 Å². The van der Waals surface area contributed by atoms with Crippen LogP contribution in [0.25, 0.3) is 0 Å². The maximum Gasteiger partial charge on any atom is 0.232 e. The van der Waals surface area contributed by atoms with Gasteiger partial charge in [0, 0.05) is 6.54 Å². The van der Waals surface area contributed by atoms with E-state index in [1.54, 1.807) is 6.92 Å². The van der Waals surface area contributed by atoms with Crippen molar-refractivity contribution in [2.45, 2.75) is 53.4 Å². The van der Waals surface area contributed by atoms with Gasteiger partial charge in [-0.1, -0.05) is 45.8 Å². The van der Waals surface area contributed by atoms with Crippen molar-refractivity contribution in [3.8, 4) is 0 Å². The second-order valence-corrected chi connectivity index (χ2v) is 5.64. The summed E-state index contributed by atoms with van der Waals surface area (Å²) in [5, 5.41) is 2.92. The number of rotatable bonds is 8. The van der Waals surface area contributed by atoms with Gasteiger partial charge in [0.1, 0.15) is 0 Å². The molecule has 0 aromatic rings. The molecule has 0 spiro atoms. The molecule has 0 saturated carbocycles. The van der Waals surface area contributed by atoms with Gasteiger partial charge in [0.2, 0.25) is 5.91 Å². The summed E-state index contributed by atoms with van der Waals surface area (Å²) in [5.74, 6) is 0.681. The van der Waals surface area contributed by atoms with Crippen LogP contribution in [0.15, 0.2) is 0 Å². The molecule has 0 aromatic carbocycles. The van der Waals surface area contributed by atoms with E-state index in [1.165, 1.54) is 6.42 Å². The predicted octanol–water partition coefficient (Wildman–Crippen LogP) is 2.63. The lowest BCUT2D eigenvalue weighted by molar-refractivity contribution is -0.126. The fourth-order valence-corrected chi connectivity index (χ4v) is 1.76. The zero-order valence-corrected chi connectivity index (χ0v) is 12.3. The number of hydrogen-bond acceptors (Lipinski definition) is 2. The summed E-state index contributed by atoms with van der Waals surface area (Å²) in [6, 6.07) is 0. The lowest BCUT2D eigenvalue weighted by Gasteiger charge is -2.25. The molecule has 0 rings (SSSR count). The number of unbranched alkanes of at least 4 members (excludes halogenated alkanes) is 1. The molecule has 0 saturated heterocycles. The van der Waals surface area contributed by atoms with Crippen molar-refractivity contribution in [1.29, 1.82) is 0 Å². The van der Waals surface area contributed by atoms with Crippen LogP contribution in [0.1, 0.15) is 53.4 Å². The van der Waals surface area contributed by atoms with Crippen molar-refractivity contribution in [3.05, 3.63) is 0 Å². The molecule has 1 amide bonds. The zero-order chi connectivity index (χ0) is 13.5. The first-order chi connectivity index (χ1) is 7.84. The first-order valence-corrected chi connectivity index (χ1v) is 6.83. The second kappa shape index (κ2) is 7.64. The van der Waals surface area contributed by atoms with Gasteiger partial charge in [0.05, 0.1) is 10.4 Å². The third-order valence-electron chi connectivity index (χ3n) is 3.25. The molecule has 0 radical (unpaired) electrons. The topological polar surface area (TPSA) is 55.1 Å². The molecular formula is C13H26N2OS. The van der Waals surface area contributed by atoms with E-state index in [4.69, 9.17) is 18.0 Å². The highest BCUT2D eigenvalue weighted by Crippen LogP contribution is 2.21. The Morgan fingerprint density at radius 1 is 1.41 bits per heavy atom. The van der Waals surface area contributed by atoms with Crippen molar-refractivity contribution in [2.75, 3.05) is 6.54 Å². The van der Waals surface area contributed by atoms with Gasteiger partial charge in [-0.05, 0) is 25.7 Å². The minimum Gasteiger partial charge on any atom is -0.392 e. The minimum atomic E-state index is -0.701. The quantitative estimate of drug-likeness (QED) is 0.520. The lowest BCUT2D eigenvalue weighted by atomic mass is 9.86. The average Bonchev–Trinajstić information content (AvgIpc) is 2.26. The van der Waals surface area contributed by atoms with Crippen LogP contribution in [-0.4, -0.2) is 17.4 Å². The third kappa shape index (κ3) is 5.48. The van der Waals surface area contributed by atoms with E-state index in [-0.39, 0.29) is 10.9 Å². The molecule has 0 aromatic heterocycles. The molecule has 3 nitrogen and oxygen atoms in total. The van der Waals surface area contributed by atoms with E-state index < -0.39 is 5.41 Å². The number of thiocarbonyl (C=S) groups is 1. The Hall–Kier alpha value is -0.640. The Labute approximate surface area is 111 Å². The Morgan fingerprint density at radius 2 is 2.00 bits per heavy atom. The SMILES string of the molecule is CCC(C)(C(=O)NCCCCC(C)C)C(N)=S. The van der Waals surface area contributed by atoms with Crippen LogP contribution >= 0.6 is 12.2 Å². The van der Waals surface area contributed by atoms with Crippen LogP contribution < -0.4 is 11.1 Å². The van der Waals surface area contributed by atoms with Gasteiger partial charge in [-0.15, -0.1) is 0 Å². The number of nitrogens with two attached hydrogens (primary N) is 1. The van der Waals surface area contributed by atoms with Crippen LogP contribution in [0, 0.1) is 11.3 Å². The highest BCUT2D eigenvalue weighted by atomic mass is 32.1. The Bertz CT molecular complexity index is 266. The summed E-state index contributed by atoms with van der Waals surface area (Å²) in [6.45, 7) is 8.86. The molecule has 1 atom stereocenters. The Kier molecular flexibility index (Phi) is 7.35. The van der Waals surface area contributed by atoms with Crippen molar-refractivity contribution < 1.29 is 4.79 Å². The average molecular weight is 258 g/mol.